The fourth-order valence-corrected chi connectivity index (χ4v) is 17.9. The van der Waals surface area contributed by atoms with Gasteiger partial charge in [-0.3, -0.25) is 24.0 Å². The Kier molecular flexibility index (Phi) is 18.6. The average molecular weight is 1830 g/mol. The number of benzene rings is 4. The smallest absolute Gasteiger partial charge is 0.338 e. The fraction of sp³-hybridized carbons (Fsp3) is 0.0294. The monoisotopic (exact) mass is 1830 g/mol. The van der Waals surface area contributed by atoms with Crippen molar-refractivity contribution in [1.82, 2.24) is 0 Å². The topological polar surface area (TPSA) is 277 Å². The van der Waals surface area contributed by atoms with Gasteiger partial charge in [-0.2, -0.15) is 0 Å². The molecule has 0 bridgehead atoms. The minimum Gasteiger partial charge on any atom is -0.478 e. The zero-order valence-corrected chi connectivity index (χ0v) is 47.7. The van der Waals surface area contributed by atoms with Crippen molar-refractivity contribution < 1.29 is 73.1 Å². The number of anilines is 2. The summed E-state index contributed by atoms with van der Waals surface area (Å²) < 4.78 is 10.6. The van der Waals surface area contributed by atoms with E-state index in [4.69, 9.17) is 9.47 Å². The lowest BCUT2D eigenvalue weighted by Gasteiger charge is -2.18. The van der Waals surface area contributed by atoms with Crippen molar-refractivity contribution in [3.8, 4) is 11.5 Å². The van der Waals surface area contributed by atoms with E-state index in [1.54, 1.807) is 203 Å². The summed E-state index contributed by atoms with van der Waals surface area (Å²) in [5.74, 6) is -8.83. The summed E-state index contributed by atoms with van der Waals surface area (Å²) in [6, 6.07) is 3.27. The lowest BCUT2D eigenvalue weighted by atomic mass is 9.96. The number of carboxylic acids is 4. The SMILES string of the molecule is O=COc1c(I)c(CC(=O)c2cc(C(=O)Nc3c(I)c(OC=O)c(I)c(C(=O)O)c3I)cc(C(=O)Nc3c(I)c(C(=O)O)c(I)c(C(=O)O)c3I)c2)c(I)c(C(=O)O)c1I. The van der Waals surface area contributed by atoms with Crippen LogP contribution in [0.25, 0.3) is 0 Å². The predicted molar refractivity (Wildman–Crippen MR) is 285 cm³/mol. The van der Waals surface area contributed by atoms with Gasteiger partial charge in [0.1, 0.15) is 0 Å². The maximum Gasteiger partial charge on any atom is 0.338 e. The van der Waals surface area contributed by atoms with Crippen LogP contribution in [0.3, 0.4) is 0 Å². The quantitative estimate of drug-likeness (QED) is 0.0368. The normalized spacial score (nSPS) is 10.7. The standard InChI is InChI=1S/C34H13I9N2O15/c35-16-10(17(36)27(59-5-46)22(41)12(16)31(51)52)4-11(48)7-1-8(29(49)44-25-19(38)13(32(53)54)18(37)14(20(25)39)33(55)56)3-9(2-7)30(50)45-26-21(40)15(34(57)58)23(42)28(24(26)43)60-6-47/h1-3,5-6H,4H2,(H,44,49)(H,45,50)(H,51,52)(H,53,54)(H,55,56)(H,57,58). The van der Waals surface area contributed by atoms with Crippen molar-refractivity contribution in [3.05, 3.63) is 94.8 Å². The van der Waals surface area contributed by atoms with E-state index in [0.29, 0.717) is 0 Å². The molecule has 312 valence electrons. The average Bonchev–Trinajstić information content (AvgIpc) is 3.16. The molecule has 0 saturated heterocycles. The molecular formula is C34H13I9N2O15. The molecule has 0 aliphatic heterocycles. The van der Waals surface area contributed by atoms with Crippen molar-refractivity contribution in [2.24, 2.45) is 0 Å². The third kappa shape index (κ3) is 10.7. The van der Waals surface area contributed by atoms with Gasteiger partial charge >= 0.3 is 23.9 Å². The van der Waals surface area contributed by atoms with Crippen molar-refractivity contribution in [2.45, 2.75) is 6.42 Å². The van der Waals surface area contributed by atoms with E-state index < -0.39 is 59.0 Å². The summed E-state index contributed by atoms with van der Waals surface area (Å²) in [6.45, 7) is 0.164. The van der Waals surface area contributed by atoms with Crippen molar-refractivity contribution >= 4 is 269 Å². The number of nitrogens with one attached hydrogen (secondary N) is 2. The van der Waals surface area contributed by atoms with Gasteiger partial charge in [0.2, 0.25) is 0 Å². The summed E-state index contributed by atoms with van der Waals surface area (Å²) in [5, 5.41) is 44.9. The highest BCUT2D eigenvalue weighted by Gasteiger charge is 2.31. The maximum absolute atomic E-state index is 14.2. The largest absolute Gasteiger partial charge is 0.478 e. The minimum absolute atomic E-state index is 0.0301. The van der Waals surface area contributed by atoms with Crippen molar-refractivity contribution in [3.63, 3.8) is 0 Å². The second-order valence-corrected chi connectivity index (χ2v) is 20.9. The number of halogens is 9. The molecular weight excluding hydrogens is 1820 g/mol. The molecule has 0 spiro atoms. The van der Waals surface area contributed by atoms with Gasteiger partial charge in [-0.15, -0.1) is 0 Å². The summed E-state index contributed by atoms with van der Waals surface area (Å²) in [6.07, 6.45) is -0.548. The number of carbonyl (C=O) groups is 9. The second-order valence-electron chi connectivity index (χ2n) is 11.2. The number of carbonyl (C=O) groups excluding carboxylic acids is 5. The number of aromatic carboxylic acids is 4. The predicted octanol–water partition coefficient (Wildman–Crippen LogP) is 8.92. The Morgan fingerprint density at radius 2 is 0.800 bits per heavy atom. The van der Waals surface area contributed by atoms with Crippen LogP contribution in [-0.4, -0.2) is 74.8 Å². The molecule has 17 nitrogen and oxygen atoms in total. The van der Waals surface area contributed by atoms with Crippen LogP contribution in [0.2, 0.25) is 0 Å². The Morgan fingerprint density at radius 1 is 0.467 bits per heavy atom. The zero-order valence-electron chi connectivity index (χ0n) is 28.3. The molecule has 26 heteroatoms. The molecule has 6 N–H and O–H groups in total. The van der Waals surface area contributed by atoms with E-state index in [0.717, 1.165) is 18.2 Å². The van der Waals surface area contributed by atoms with E-state index in [1.165, 1.54) is 0 Å². The highest BCUT2D eigenvalue weighted by Crippen LogP contribution is 2.42. The molecule has 60 heavy (non-hydrogen) atoms. The van der Waals surface area contributed by atoms with Gasteiger partial charge < -0.3 is 40.5 Å². The van der Waals surface area contributed by atoms with Crippen molar-refractivity contribution in [2.75, 3.05) is 10.6 Å². The zero-order chi connectivity index (χ0) is 45.2. The number of hydrogen-bond acceptors (Lipinski definition) is 11. The third-order valence-electron chi connectivity index (χ3n) is 7.74. The number of ketones is 1. The molecule has 0 radical (unpaired) electrons. The van der Waals surface area contributed by atoms with Crippen LogP contribution in [0.15, 0.2) is 18.2 Å². The molecule has 4 aromatic rings. The molecule has 0 heterocycles. The van der Waals surface area contributed by atoms with Crippen LogP contribution >= 0.6 is 203 Å². The van der Waals surface area contributed by atoms with Gasteiger partial charge in [-0.05, 0) is 227 Å². The van der Waals surface area contributed by atoms with Gasteiger partial charge in [-0.1, -0.05) is 0 Å². The Hall–Kier alpha value is -1.12. The van der Waals surface area contributed by atoms with E-state index in [-0.39, 0.29) is 101 Å². The Morgan fingerprint density at radius 3 is 1.18 bits per heavy atom. The highest BCUT2D eigenvalue weighted by molar-refractivity contribution is 14.1. The summed E-state index contributed by atoms with van der Waals surface area (Å²) in [7, 11) is 0. The van der Waals surface area contributed by atoms with E-state index >= 15 is 0 Å². The van der Waals surface area contributed by atoms with E-state index in [2.05, 4.69) is 10.6 Å². The second kappa shape index (κ2) is 21.7. The molecule has 4 rings (SSSR count). The van der Waals surface area contributed by atoms with E-state index in [1.807, 2.05) is 0 Å². The Balaban J connectivity index is 1.97. The van der Waals surface area contributed by atoms with Gasteiger partial charge in [-0.25, -0.2) is 19.2 Å². The van der Waals surface area contributed by atoms with Crippen LogP contribution < -0.4 is 20.1 Å². The van der Waals surface area contributed by atoms with Crippen LogP contribution in [0.1, 0.15) is 78.1 Å². The molecule has 0 aliphatic carbocycles. The molecule has 0 fully saturated rings. The Labute approximate surface area is 458 Å². The van der Waals surface area contributed by atoms with Crippen LogP contribution in [0.5, 0.6) is 11.5 Å². The summed E-state index contributed by atoms with van der Waals surface area (Å²) >= 11 is 15.2. The summed E-state index contributed by atoms with van der Waals surface area (Å²) in [5.41, 5.74) is -2.54. The number of rotatable bonds is 15. The molecule has 0 saturated carbocycles. The maximum atomic E-state index is 14.2. The van der Waals surface area contributed by atoms with Gasteiger partial charge in [0.15, 0.2) is 17.3 Å². The molecule has 2 amide bonds. The fourth-order valence-electron chi connectivity index (χ4n) is 5.11. The first-order valence-corrected chi connectivity index (χ1v) is 24.8. The first-order valence-electron chi connectivity index (χ1n) is 15.1. The lowest BCUT2D eigenvalue weighted by Crippen LogP contribution is -2.22. The number of hydrogen-bond donors (Lipinski definition) is 6. The molecule has 4 aromatic carbocycles. The van der Waals surface area contributed by atoms with Crippen LogP contribution in [-0.2, 0) is 16.0 Å². The molecule has 0 unspecified atom stereocenters. The van der Waals surface area contributed by atoms with E-state index in [9.17, 15) is 63.6 Å². The number of Topliss-reactive ketones (excluding diaryl/α,β-unsaturated/α-hetero) is 1. The number of ether oxygens (including phenoxy) is 2. The first-order chi connectivity index (χ1) is 28.0. The number of carboxylic acid groups (broad SMARTS) is 4. The number of amides is 2. The minimum atomic E-state index is -1.48. The third-order valence-corrected chi connectivity index (χ3v) is 17.5. The van der Waals surface area contributed by atoms with Gasteiger partial charge in [0, 0.05) is 30.3 Å². The van der Waals surface area contributed by atoms with Crippen LogP contribution in [0, 0.1) is 32.1 Å². The van der Waals surface area contributed by atoms with Gasteiger partial charge in [0.25, 0.3) is 24.8 Å². The van der Waals surface area contributed by atoms with Crippen LogP contribution in [0.4, 0.5) is 11.4 Å². The molecule has 0 atom stereocenters. The molecule has 0 aliphatic rings. The lowest BCUT2D eigenvalue weighted by molar-refractivity contribution is -0.121. The Bertz CT molecular complexity index is 2490. The van der Waals surface area contributed by atoms with Crippen molar-refractivity contribution in [1.29, 1.82) is 0 Å². The first kappa shape index (κ1) is 51.5. The van der Waals surface area contributed by atoms with Gasteiger partial charge in [0.05, 0.1) is 58.6 Å². The molecule has 0 aromatic heterocycles. The summed E-state index contributed by atoms with van der Waals surface area (Å²) in [4.78, 5) is 114. The highest BCUT2D eigenvalue weighted by atomic mass is 127.